The summed E-state index contributed by atoms with van der Waals surface area (Å²) >= 11 is 0. The van der Waals surface area contributed by atoms with Crippen LogP contribution < -0.4 is 4.90 Å². The molecule has 0 radical (unpaired) electrons. The second-order valence-corrected chi connectivity index (χ2v) is 5.27. The Morgan fingerprint density at radius 3 is 2.17 bits per heavy atom. The topological polar surface area (TPSA) is 44.1 Å². The Hall–Kier alpha value is -2.93. The van der Waals surface area contributed by atoms with Gasteiger partial charge in [-0.05, 0) is 61.9 Å². The van der Waals surface area contributed by atoms with Crippen molar-refractivity contribution in [2.45, 2.75) is 13.8 Å². The van der Waals surface area contributed by atoms with E-state index in [4.69, 9.17) is 0 Å². The molecule has 2 aromatic carbocycles. The molecule has 0 saturated heterocycles. The van der Waals surface area contributed by atoms with Crippen LogP contribution >= 0.6 is 0 Å². The molecule has 3 nitrogen and oxygen atoms in total. The highest BCUT2D eigenvalue weighted by Crippen LogP contribution is 2.18. The summed E-state index contributed by atoms with van der Waals surface area (Å²) in [7, 11) is 0. The minimum absolute atomic E-state index is 0.0252. The molecule has 0 aliphatic heterocycles. The van der Waals surface area contributed by atoms with Gasteiger partial charge in [0, 0.05) is 24.3 Å². The lowest BCUT2D eigenvalue weighted by Gasteiger charge is -2.20. The second kappa shape index (κ2) is 8.07. The first-order valence-electron chi connectivity index (χ1n) is 7.86. The molecule has 0 heterocycles. The molecular formula is C20H19FN2O. The van der Waals surface area contributed by atoms with Crippen LogP contribution in [0.4, 0.5) is 10.1 Å². The van der Waals surface area contributed by atoms with Gasteiger partial charge in [0.2, 0.25) is 5.78 Å². The van der Waals surface area contributed by atoms with Gasteiger partial charge in [-0.15, -0.1) is 0 Å². The molecule has 0 saturated carbocycles. The molecule has 2 rings (SSSR count). The van der Waals surface area contributed by atoms with Crippen LogP contribution in [0.1, 0.15) is 29.8 Å². The largest absolute Gasteiger partial charge is 0.372 e. The van der Waals surface area contributed by atoms with Gasteiger partial charge in [-0.1, -0.05) is 12.1 Å². The van der Waals surface area contributed by atoms with E-state index < -0.39 is 11.6 Å². The minimum Gasteiger partial charge on any atom is -0.372 e. The Bertz CT molecular complexity index is 767. The number of benzene rings is 2. The molecule has 2 aromatic rings. The summed E-state index contributed by atoms with van der Waals surface area (Å²) in [4.78, 5) is 14.5. The van der Waals surface area contributed by atoms with E-state index in [1.807, 2.05) is 30.3 Å². The molecule has 0 aliphatic rings. The highest BCUT2D eigenvalue weighted by atomic mass is 19.1. The van der Waals surface area contributed by atoms with Crippen LogP contribution in [0.5, 0.6) is 0 Å². The van der Waals surface area contributed by atoms with E-state index in [1.165, 1.54) is 24.3 Å². The van der Waals surface area contributed by atoms with Crippen LogP contribution in [0, 0.1) is 17.1 Å². The third-order valence-electron chi connectivity index (χ3n) is 3.80. The van der Waals surface area contributed by atoms with E-state index in [1.54, 1.807) is 6.08 Å². The smallest absolute Gasteiger partial charge is 0.203 e. The molecule has 0 amide bonds. The van der Waals surface area contributed by atoms with Crippen molar-refractivity contribution in [1.29, 1.82) is 5.26 Å². The fourth-order valence-electron chi connectivity index (χ4n) is 2.44. The predicted molar refractivity (Wildman–Crippen MR) is 94.3 cm³/mol. The fourth-order valence-corrected chi connectivity index (χ4v) is 2.44. The maximum absolute atomic E-state index is 12.9. The lowest BCUT2D eigenvalue weighted by atomic mass is 10.0. The lowest BCUT2D eigenvalue weighted by molar-refractivity contribution is 0.104. The fraction of sp³-hybridized carbons (Fsp3) is 0.200. The van der Waals surface area contributed by atoms with Crippen molar-refractivity contribution < 1.29 is 9.18 Å². The van der Waals surface area contributed by atoms with E-state index in [9.17, 15) is 14.4 Å². The molecule has 4 heteroatoms. The number of anilines is 1. The predicted octanol–water partition coefficient (Wildman–Crippen LogP) is 4.46. The van der Waals surface area contributed by atoms with Crippen molar-refractivity contribution in [3.8, 4) is 6.07 Å². The Morgan fingerprint density at radius 1 is 1.08 bits per heavy atom. The van der Waals surface area contributed by atoms with Gasteiger partial charge in [-0.2, -0.15) is 5.26 Å². The zero-order valence-electron chi connectivity index (χ0n) is 13.8. The number of rotatable bonds is 6. The summed E-state index contributed by atoms with van der Waals surface area (Å²) in [6.07, 6.45) is 1.55. The van der Waals surface area contributed by atoms with Crippen LogP contribution in [0.2, 0.25) is 0 Å². The molecular weight excluding hydrogens is 303 g/mol. The molecule has 24 heavy (non-hydrogen) atoms. The van der Waals surface area contributed by atoms with Gasteiger partial charge < -0.3 is 4.90 Å². The average molecular weight is 322 g/mol. The first-order chi connectivity index (χ1) is 11.6. The molecule has 0 atom stereocenters. The average Bonchev–Trinajstić information content (AvgIpc) is 2.62. The molecule has 0 N–H and O–H groups in total. The Kier molecular flexibility index (Phi) is 5.86. The Balaban J connectivity index is 2.25. The number of Topliss-reactive ketones (excluding diaryl/α,β-unsaturated/α-hetero) is 1. The van der Waals surface area contributed by atoms with Crippen LogP contribution in [0.25, 0.3) is 6.08 Å². The third kappa shape index (κ3) is 4.08. The molecule has 0 bridgehead atoms. The van der Waals surface area contributed by atoms with E-state index in [0.717, 1.165) is 24.3 Å². The van der Waals surface area contributed by atoms with Crippen molar-refractivity contribution in [3.63, 3.8) is 0 Å². The SMILES string of the molecule is CCN(CC)c1ccc(/C=C(\C#N)C(=O)c2ccc(F)cc2)cc1. The number of nitriles is 1. The third-order valence-corrected chi connectivity index (χ3v) is 3.80. The van der Waals surface area contributed by atoms with E-state index in [2.05, 4.69) is 18.7 Å². The highest BCUT2D eigenvalue weighted by molar-refractivity contribution is 6.14. The summed E-state index contributed by atoms with van der Waals surface area (Å²) in [5, 5.41) is 9.27. The quantitative estimate of drug-likeness (QED) is 0.448. The summed E-state index contributed by atoms with van der Waals surface area (Å²) in [6.45, 7) is 6.01. The number of carbonyl (C=O) groups is 1. The van der Waals surface area contributed by atoms with E-state index in [-0.39, 0.29) is 5.57 Å². The second-order valence-electron chi connectivity index (χ2n) is 5.27. The maximum Gasteiger partial charge on any atom is 0.203 e. The van der Waals surface area contributed by atoms with Crippen molar-refractivity contribution >= 4 is 17.5 Å². The van der Waals surface area contributed by atoms with Crippen molar-refractivity contribution in [2.75, 3.05) is 18.0 Å². The number of nitrogens with zero attached hydrogens (tertiary/aromatic N) is 2. The van der Waals surface area contributed by atoms with Gasteiger partial charge in [0.1, 0.15) is 17.5 Å². The number of carbonyl (C=O) groups excluding carboxylic acids is 1. The van der Waals surface area contributed by atoms with Crippen molar-refractivity contribution in [1.82, 2.24) is 0 Å². The van der Waals surface area contributed by atoms with Crippen LogP contribution in [-0.4, -0.2) is 18.9 Å². The number of hydrogen-bond donors (Lipinski definition) is 0. The highest BCUT2D eigenvalue weighted by Gasteiger charge is 2.12. The normalized spacial score (nSPS) is 11.0. The Morgan fingerprint density at radius 2 is 1.67 bits per heavy atom. The Labute approximate surface area is 141 Å². The summed E-state index contributed by atoms with van der Waals surface area (Å²) in [5.41, 5.74) is 2.19. The molecule has 0 aromatic heterocycles. The first-order valence-corrected chi connectivity index (χ1v) is 7.86. The summed E-state index contributed by atoms with van der Waals surface area (Å²) < 4.78 is 12.9. The molecule has 122 valence electrons. The molecule has 0 unspecified atom stereocenters. The van der Waals surface area contributed by atoms with Crippen molar-refractivity contribution in [3.05, 3.63) is 71.0 Å². The van der Waals surface area contributed by atoms with E-state index >= 15 is 0 Å². The van der Waals surface area contributed by atoms with Gasteiger partial charge in [0.15, 0.2) is 0 Å². The number of ketones is 1. The monoisotopic (exact) mass is 322 g/mol. The van der Waals surface area contributed by atoms with Gasteiger partial charge in [-0.25, -0.2) is 4.39 Å². The van der Waals surface area contributed by atoms with Crippen LogP contribution in [0.3, 0.4) is 0 Å². The van der Waals surface area contributed by atoms with Gasteiger partial charge in [0.25, 0.3) is 0 Å². The first kappa shape index (κ1) is 17.4. The lowest BCUT2D eigenvalue weighted by Crippen LogP contribution is -2.21. The minimum atomic E-state index is -0.416. The summed E-state index contributed by atoms with van der Waals surface area (Å²) in [5.74, 6) is -0.827. The van der Waals surface area contributed by atoms with Crippen molar-refractivity contribution in [2.24, 2.45) is 0 Å². The maximum atomic E-state index is 12.9. The summed E-state index contributed by atoms with van der Waals surface area (Å²) in [6, 6.07) is 14.8. The number of halogens is 1. The van der Waals surface area contributed by atoms with Crippen LogP contribution in [-0.2, 0) is 0 Å². The zero-order chi connectivity index (χ0) is 17.5. The van der Waals surface area contributed by atoms with Gasteiger partial charge in [0.05, 0.1) is 0 Å². The molecule has 0 spiro atoms. The van der Waals surface area contributed by atoms with Gasteiger partial charge in [-0.3, -0.25) is 4.79 Å². The number of hydrogen-bond acceptors (Lipinski definition) is 3. The number of allylic oxidation sites excluding steroid dienone is 1. The molecule has 0 aliphatic carbocycles. The van der Waals surface area contributed by atoms with E-state index in [0.29, 0.717) is 5.56 Å². The molecule has 0 fully saturated rings. The van der Waals surface area contributed by atoms with Gasteiger partial charge >= 0.3 is 0 Å². The zero-order valence-corrected chi connectivity index (χ0v) is 13.8. The van der Waals surface area contributed by atoms with Crippen LogP contribution in [0.15, 0.2) is 54.1 Å². The standard InChI is InChI=1S/C20H19FN2O/c1-3-23(4-2)19-11-5-15(6-12-19)13-17(14-22)20(24)16-7-9-18(21)10-8-16/h5-13H,3-4H2,1-2H3/b17-13+.